The molecule has 2 aliphatic heterocycles. The minimum atomic E-state index is -0.438. The molecule has 7 heteroatoms. The maximum absolute atomic E-state index is 9.81. The Morgan fingerprint density at radius 3 is 0.967 bits per heavy atom. The number of carbonyl (C=O) groups excluding carboxylic acids is 1. The van der Waals surface area contributed by atoms with Crippen LogP contribution in [0.25, 0.3) is 0 Å². The first-order valence-electron chi connectivity index (χ1n) is 10.8. The summed E-state index contributed by atoms with van der Waals surface area (Å²) in [4.78, 5) is 9.81. The van der Waals surface area contributed by atoms with Crippen LogP contribution in [0.3, 0.4) is 0 Å². The van der Waals surface area contributed by atoms with Gasteiger partial charge in [0.1, 0.15) is 5.78 Å². The average Bonchev–Trinajstić information content (AvgIpc) is 2.81. The lowest BCUT2D eigenvalue weighted by Crippen LogP contribution is -2.41. The molecule has 0 N–H and O–H groups in total. The lowest BCUT2D eigenvalue weighted by molar-refractivity contribution is -0.179. The van der Waals surface area contributed by atoms with Crippen molar-refractivity contribution in [3.8, 4) is 0 Å². The predicted molar refractivity (Wildman–Crippen MR) is 126 cm³/mol. The minimum absolute atomic E-state index is 0.197. The number of rotatable bonds is 2. The monoisotopic (exact) mass is 424 g/mol. The third-order valence-corrected chi connectivity index (χ3v) is 5.98. The molecule has 0 unspecified atom stereocenters. The zero-order chi connectivity index (χ0) is 24.8. The van der Waals surface area contributed by atoms with E-state index in [1.54, 1.807) is 6.92 Å². The molecule has 0 bridgehead atoms. The van der Waals surface area contributed by atoms with Crippen molar-refractivity contribution in [2.24, 2.45) is 0 Å². The molecular formula is C23H46B2O5. The zero-order valence-corrected chi connectivity index (χ0v) is 22.1. The lowest BCUT2D eigenvalue weighted by Gasteiger charge is -2.30. The molecule has 2 saturated heterocycles. The highest BCUT2D eigenvalue weighted by Crippen LogP contribution is 2.45. The second-order valence-corrected chi connectivity index (χ2v) is 10.4. The molecule has 5 nitrogen and oxygen atoms in total. The Morgan fingerprint density at radius 1 is 0.633 bits per heavy atom. The molecule has 2 aliphatic rings. The Labute approximate surface area is 189 Å². The maximum atomic E-state index is 9.81. The Bertz CT molecular complexity index is 506. The smallest absolute Gasteiger partial charge is 0.166 e. The van der Waals surface area contributed by atoms with Gasteiger partial charge < -0.3 is 23.7 Å². The summed E-state index contributed by atoms with van der Waals surface area (Å²) in [7, 11) is 8.00. The zero-order valence-electron chi connectivity index (χ0n) is 22.1. The molecule has 174 valence electrons. The second-order valence-electron chi connectivity index (χ2n) is 10.4. The van der Waals surface area contributed by atoms with Crippen molar-refractivity contribution in [3.63, 3.8) is 0 Å². The van der Waals surface area contributed by atoms with Crippen LogP contribution in [0.15, 0.2) is 0 Å². The maximum Gasteiger partial charge on any atom is 0.166 e. The van der Waals surface area contributed by atoms with Gasteiger partial charge in [0.15, 0.2) is 11.6 Å². The van der Waals surface area contributed by atoms with Crippen molar-refractivity contribution in [2.45, 2.75) is 144 Å². The van der Waals surface area contributed by atoms with E-state index in [1.165, 1.54) is 0 Å². The van der Waals surface area contributed by atoms with Gasteiger partial charge in [0.05, 0.1) is 22.4 Å². The van der Waals surface area contributed by atoms with Crippen LogP contribution in [0, 0.1) is 0 Å². The van der Waals surface area contributed by atoms with E-state index in [0.29, 0.717) is 6.42 Å². The van der Waals surface area contributed by atoms with E-state index in [-0.39, 0.29) is 28.2 Å². The summed E-state index contributed by atoms with van der Waals surface area (Å²) in [6, 6.07) is 0. The first kappa shape index (κ1) is 31.8. The standard InChI is InChI=1S/C10H20O2.C9H18O2.C4H8O.B2/c1-7-10(6)11-8(2,3)9(4,5)12-10;1-7(2)8(3,4)11-9(5,6)10-7;1-3-4(2)5;1-2/h7H2,1-6H3;1-6H3;3H2,1-2H3;. The van der Waals surface area contributed by atoms with Gasteiger partial charge >= 0.3 is 0 Å². The first-order chi connectivity index (χ1) is 13.2. The van der Waals surface area contributed by atoms with Crippen LogP contribution in [-0.4, -0.2) is 55.2 Å². The Kier molecular flexibility index (Phi) is 11.6. The number of ether oxygens (including phenoxy) is 4. The van der Waals surface area contributed by atoms with Crippen LogP contribution in [0.1, 0.15) is 110 Å². The molecule has 4 radical (unpaired) electrons. The van der Waals surface area contributed by atoms with Gasteiger partial charge in [-0.25, -0.2) is 0 Å². The minimum Gasteiger partial charge on any atom is -0.342 e. The molecule has 0 aromatic heterocycles. The summed E-state index contributed by atoms with van der Waals surface area (Å²) >= 11 is 0. The molecule has 2 fully saturated rings. The summed E-state index contributed by atoms with van der Waals surface area (Å²) in [6.07, 6.45) is 1.56. The van der Waals surface area contributed by atoms with Gasteiger partial charge in [0.25, 0.3) is 0 Å². The summed E-state index contributed by atoms with van der Waals surface area (Å²) in [5.41, 5.74) is -0.789. The van der Waals surface area contributed by atoms with E-state index in [0.717, 1.165) is 6.42 Å². The summed E-state index contributed by atoms with van der Waals surface area (Å²) in [5.74, 6) is -0.579. The molecule has 0 atom stereocenters. The van der Waals surface area contributed by atoms with Crippen LogP contribution in [0.2, 0.25) is 0 Å². The van der Waals surface area contributed by atoms with Gasteiger partial charge in [0.2, 0.25) is 0 Å². The van der Waals surface area contributed by atoms with Crippen molar-refractivity contribution in [2.75, 3.05) is 0 Å². The Morgan fingerprint density at radius 2 is 0.867 bits per heavy atom. The number of hydrogen-bond donors (Lipinski definition) is 0. The highest BCUT2D eigenvalue weighted by molar-refractivity contribution is 6.75. The third kappa shape index (κ3) is 9.02. The van der Waals surface area contributed by atoms with E-state index in [2.05, 4.69) is 77.8 Å². The van der Waals surface area contributed by atoms with E-state index < -0.39 is 11.6 Å². The topological polar surface area (TPSA) is 54.0 Å². The Balaban J connectivity index is 0. The molecule has 0 saturated carbocycles. The SMILES string of the molecule is CC1(C)OC(C)(C)C(C)(C)O1.CCC(C)=O.CCC1(C)OC(C)(C)C(C)(C)O1.[B][B]. The van der Waals surface area contributed by atoms with Gasteiger partial charge in [0, 0.05) is 21.9 Å². The molecule has 0 aliphatic carbocycles. The highest BCUT2D eigenvalue weighted by atomic mass is 16.8. The van der Waals surface area contributed by atoms with Crippen LogP contribution in [0.5, 0.6) is 0 Å². The van der Waals surface area contributed by atoms with Gasteiger partial charge in [-0.15, -0.1) is 0 Å². The van der Waals surface area contributed by atoms with Crippen molar-refractivity contribution in [3.05, 3.63) is 0 Å². The van der Waals surface area contributed by atoms with Crippen LogP contribution < -0.4 is 0 Å². The summed E-state index contributed by atoms with van der Waals surface area (Å²) in [5, 5.41) is 0. The quantitative estimate of drug-likeness (QED) is 0.566. The van der Waals surface area contributed by atoms with E-state index in [4.69, 9.17) is 18.9 Å². The molecule has 30 heavy (non-hydrogen) atoms. The second kappa shape index (κ2) is 11.0. The molecule has 2 heterocycles. The fourth-order valence-corrected chi connectivity index (χ4v) is 2.99. The fraction of sp³-hybridized carbons (Fsp3) is 0.957. The average molecular weight is 424 g/mol. The van der Waals surface area contributed by atoms with Gasteiger partial charge in [-0.2, -0.15) is 0 Å². The van der Waals surface area contributed by atoms with Crippen molar-refractivity contribution >= 4 is 21.3 Å². The number of carbonyl (C=O) groups is 1. The van der Waals surface area contributed by atoms with Gasteiger partial charge in [-0.1, -0.05) is 13.8 Å². The molecule has 0 aromatic carbocycles. The molecule has 0 aromatic rings. The molecule has 0 amide bonds. The third-order valence-electron chi connectivity index (χ3n) is 5.98. The Hall–Kier alpha value is -0.360. The number of hydrogen-bond acceptors (Lipinski definition) is 5. The predicted octanol–water partition coefficient (Wildman–Crippen LogP) is 5.27. The largest absolute Gasteiger partial charge is 0.342 e. The molecular weight excluding hydrogens is 378 g/mol. The van der Waals surface area contributed by atoms with E-state index in [9.17, 15) is 4.79 Å². The number of ketones is 1. The van der Waals surface area contributed by atoms with Crippen molar-refractivity contribution < 1.29 is 23.7 Å². The summed E-state index contributed by atoms with van der Waals surface area (Å²) in [6.45, 7) is 28.0. The fourth-order valence-electron chi connectivity index (χ4n) is 2.99. The normalized spacial score (nSPS) is 25.4. The highest BCUT2D eigenvalue weighted by Gasteiger charge is 2.54. The van der Waals surface area contributed by atoms with E-state index in [1.807, 2.05) is 27.7 Å². The van der Waals surface area contributed by atoms with Crippen LogP contribution in [0.4, 0.5) is 0 Å². The molecule has 2 rings (SSSR count). The van der Waals surface area contributed by atoms with Gasteiger partial charge in [-0.3, -0.25) is 0 Å². The summed E-state index contributed by atoms with van der Waals surface area (Å²) < 4.78 is 23.2. The van der Waals surface area contributed by atoms with Gasteiger partial charge in [-0.05, 0) is 89.5 Å². The van der Waals surface area contributed by atoms with Crippen LogP contribution >= 0.6 is 0 Å². The molecule has 0 spiro atoms. The number of Topliss-reactive ketones (excluding diaryl/α,β-unsaturated/α-hetero) is 1. The first-order valence-corrected chi connectivity index (χ1v) is 10.8. The van der Waals surface area contributed by atoms with Crippen molar-refractivity contribution in [1.82, 2.24) is 0 Å². The lowest BCUT2D eigenvalue weighted by atomic mass is 9.81. The van der Waals surface area contributed by atoms with Crippen molar-refractivity contribution in [1.29, 1.82) is 0 Å². The van der Waals surface area contributed by atoms with E-state index >= 15 is 0 Å². The van der Waals surface area contributed by atoms with Crippen LogP contribution in [-0.2, 0) is 23.7 Å².